The lowest BCUT2D eigenvalue weighted by Crippen LogP contribution is -2.11. The SMILES string of the molecule is CC(C)Oc1ccc(Nc2ccc(NC(=O)c3ccc4c(c3)OCO4)cc2)cc1. The molecule has 2 N–H and O–H groups in total. The summed E-state index contributed by atoms with van der Waals surface area (Å²) in [7, 11) is 0. The first-order valence-electron chi connectivity index (χ1n) is 9.42. The molecule has 1 heterocycles. The van der Waals surface area contributed by atoms with Crippen LogP contribution in [0.1, 0.15) is 24.2 Å². The minimum atomic E-state index is -0.204. The fraction of sp³-hybridized carbons (Fsp3) is 0.174. The quantitative estimate of drug-likeness (QED) is 0.606. The van der Waals surface area contributed by atoms with Crippen LogP contribution in [-0.4, -0.2) is 18.8 Å². The van der Waals surface area contributed by atoms with Crippen molar-refractivity contribution in [2.75, 3.05) is 17.4 Å². The summed E-state index contributed by atoms with van der Waals surface area (Å²) in [6.07, 6.45) is 0.147. The molecule has 3 aromatic carbocycles. The summed E-state index contributed by atoms with van der Waals surface area (Å²) in [4.78, 5) is 12.5. The van der Waals surface area contributed by atoms with Crippen molar-refractivity contribution in [3.63, 3.8) is 0 Å². The molecule has 1 amide bonds. The number of carbonyl (C=O) groups is 1. The van der Waals surface area contributed by atoms with E-state index in [9.17, 15) is 4.79 Å². The number of fused-ring (bicyclic) bond motifs is 1. The van der Waals surface area contributed by atoms with Gasteiger partial charge in [0.1, 0.15) is 5.75 Å². The van der Waals surface area contributed by atoms with Crippen LogP contribution in [0.2, 0.25) is 0 Å². The number of ether oxygens (including phenoxy) is 3. The summed E-state index contributed by atoms with van der Waals surface area (Å²) in [5.74, 6) is 1.87. The maximum Gasteiger partial charge on any atom is 0.255 e. The summed E-state index contributed by atoms with van der Waals surface area (Å²) < 4.78 is 16.2. The Hall–Kier alpha value is -3.67. The topological polar surface area (TPSA) is 68.8 Å². The smallest absolute Gasteiger partial charge is 0.255 e. The van der Waals surface area contributed by atoms with Crippen LogP contribution in [0, 0.1) is 0 Å². The number of carbonyl (C=O) groups excluding carboxylic acids is 1. The predicted octanol–water partition coefficient (Wildman–Crippen LogP) is 5.20. The average Bonchev–Trinajstić information content (AvgIpc) is 3.18. The number of hydrogen-bond acceptors (Lipinski definition) is 5. The van der Waals surface area contributed by atoms with Gasteiger partial charge in [-0.25, -0.2) is 0 Å². The van der Waals surface area contributed by atoms with Gasteiger partial charge in [-0.2, -0.15) is 0 Å². The van der Waals surface area contributed by atoms with Crippen molar-refractivity contribution in [3.8, 4) is 17.2 Å². The number of hydrogen-bond donors (Lipinski definition) is 2. The molecule has 0 fully saturated rings. The van der Waals surface area contributed by atoms with E-state index in [0.29, 0.717) is 22.7 Å². The molecule has 0 atom stereocenters. The number of nitrogens with one attached hydrogen (secondary N) is 2. The van der Waals surface area contributed by atoms with Crippen LogP contribution >= 0.6 is 0 Å². The molecule has 1 aliphatic heterocycles. The zero-order valence-corrected chi connectivity index (χ0v) is 16.3. The van der Waals surface area contributed by atoms with Crippen molar-refractivity contribution >= 4 is 23.0 Å². The first-order chi connectivity index (χ1) is 14.1. The van der Waals surface area contributed by atoms with Gasteiger partial charge >= 0.3 is 0 Å². The van der Waals surface area contributed by atoms with Crippen LogP contribution in [0.25, 0.3) is 0 Å². The Morgan fingerprint density at radius 2 is 1.48 bits per heavy atom. The third-order valence-electron chi connectivity index (χ3n) is 4.29. The molecule has 0 bridgehead atoms. The number of anilines is 3. The molecule has 148 valence electrons. The third-order valence-corrected chi connectivity index (χ3v) is 4.29. The van der Waals surface area contributed by atoms with Crippen LogP contribution < -0.4 is 24.8 Å². The lowest BCUT2D eigenvalue weighted by molar-refractivity contribution is 0.102. The standard InChI is InChI=1S/C23H22N2O4/c1-15(2)29-20-10-8-18(9-11-20)24-17-4-6-19(7-5-17)25-23(26)16-3-12-21-22(13-16)28-14-27-21/h3-13,15,24H,14H2,1-2H3,(H,25,26). The highest BCUT2D eigenvalue weighted by atomic mass is 16.7. The average molecular weight is 390 g/mol. The first-order valence-corrected chi connectivity index (χ1v) is 9.42. The highest BCUT2D eigenvalue weighted by Crippen LogP contribution is 2.32. The second-order valence-electron chi connectivity index (χ2n) is 6.92. The Bertz CT molecular complexity index is 998. The largest absolute Gasteiger partial charge is 0.491 e. The summed E-state index contributed by atoms with van der Waals surface area (Å²) in [6, 6.07) is 20.5. The molecule has 0 unspecified atom stereocenters. The van der Waals surface area contributed by atoms with Crippen molar-refractivity contribution in [2.24, 2.45) is 0 Å². The fourth-order valence-electron chi connectivity index (χ4n) is 2.93. The molecule has 6 nitrogen and oxygen atoms in total. The molecule has 4 rings (SSSR count). The molecular formula is C23H22N2O4. The molecule has 29 heavy (non-hydrogen) atoms. The lowest BCUT2D eigenvalue weighted by Gasteiger charge is -2.12. The van der Waals surface area contributed by atoms with Crippen LogP contribution in [0.5, 0.6) is 17.2 Å². The van der Waals surface area contributed by atoms with Crippen LogP contribution in [-0.2, 0) is 0 Å². The van der Waals surface area contributed by atoms with Crippen LogP contribution in [0.15, 0.2) is 66.7 Å². The summed E-state index contributed by atoms with van der Waals surface area (Å²) in [5.41, 5.74) is 3.10. The van der Waals surface area contributed by atoms with Crippen molar-refractivity contribution < 1.29 is 19.0 Å². The molecule has 0 saturated carbocycles. The van der Waals surface area contributed by atoms with Crippen LogP contribution in [0.3, 0.4) is 0 Å². The maximum absolute atomic E-state index is 12.5. The molecule has 0 spiro atoms. The molecule has 3 aromatic rings. The monoisotopic (exact) mass is 390 g/mol. The van der Waals surface area contributed by atoms with E-state index in [1.165, 1.54) is 0 Å². The van der Waals surface area contributed by atoms with Gasteiger partial charge in [-0.3, -0.25) is 4.79 Å². The molecule has 0 aromatic heterocycles. The second kappa shape index (κ2) is 8.14. The van der Waals surface area contributed by atoms with E-state index in [2.05, 4.69) is 10.6 Å². The number of rotatable bonds is 6. The molecule has 0 radical (unpaired) electrons. The number of benzene rings is 3. The Labute approximate surface area is 169 Å². The summed E-state index contributed by atoms with van der Waals surface area (Å²) in [5, 5.41) is 6.21. The highest BCUT2D eigenvalue weighted by Gasteiger charge is 2.16. The molecule has 6 heteroatoms. The Balaban J connectivity index is 1.37. The normalized spacial score (nSPS) is 12.0. The summed E-state index contributed by atoms with van der Waals surface area (Å²) >= 11 is 0. The first kappa shape index (κ1) is 18.7. The predicted molar refractivity (Wildman–Crippen MR) is 112 cm³/mol. The lowest BCUT2D eigenvalue weighted by atomic mass is 10.2. The van der Waals surface area contributed by atoms with Gasteiger partial charge in [0, 0.05) is 22.6 Å². The van der Waals surface area contributed by atoms with Crippen LogP contribution in [0.4, 0.5) is 17.1 Å². The second-order valence-corrected chi connectivity index (χ2v) is 6.92. The van der Waals surface area contributed by atoms with Gasteiger partial charge < -0.3 is 24.8 Å². The maximum atomic E-state index is 12.5. The molecule has 0 aliphatic carbocycles. The highest BCUT2D eigenvalue weighted by molar-refractivity contribution is 6.04. The van der Waals surface area contributed by atoms with Gasteiger partial charge in [-0.05, 0) is 80.6 Å². The third kappa shape index (κ3) is 4.60. The molecular weight excluding hydrogens is 368 g/mol. The zero-order chi connectivity index (χ0) is 20.2. The fourth-order valence-corrected chi connectivity index (χ4v) is 2.93. The van der Waals surface area contributed by atoms with Gasteiger partial charge in [-0.1, -0.05) is 0 Å². The van der Waals surface area contributed by atoms with E-state index in [4.69, 9.17) is 14.2 Å². The minimum absolute atomic E-state index is 0.147. The van der Waals surface area contributed by atoms with Crippen molar-refractivity contribution in [1.82, 2.24) is 0 Å². The van der Waals surface area contributed by atoms with E-state index in [0.717, 1.165) is 17.1 Å². The van der Waals surface area contributed by atoms with Gasteiger partial charge in [-0.15, -0.1) is 0 Å². The molecule has 0 saturated heterocycles. The van der Waals surface area contributed by atoms with E-state index in [-0.39, 0.29) is 18.8 Å². The van der Waals surface area contributed by atoms with E-state index in [1.54, 1.807) is 18.2 Å². The minimum Gasteiger partial charge on any atom is -0.491 e. The van der Waals surface area contributed by atoms with Crippen molar-refractivity contribution in [1.29, 1.82) is 0 Å². The van der Waals surface area contributed by atoms with E-state index in [1.807, 2.05) is 62.4 Å². The van der Waals surface area contributed by atoms with Gasteiger partial charge in [0.15, 0.2) is 11.5 Å². The molecule has 1 aliphatic rings. The van der Waals surface area contributed by atoms with Crippen molar-refractivity contribution in [2.45, 2.75) is 20.0 Å². The van der Waals surface area contributed by atoms with Gasteiger partial charge in [0.05, 0.1) is 6.10 Å². The van der Waals surface area contributed by atoms with E-state index < -0.39 is 0 Å². The Kier molecular flexibility index (Phi) is 5.24. The van der Waals surface area contributed by atoms with Gasteiger partial charge in [0.25, 0.3) is 5.91 Å². The number of amides is 1. The van der Waals surface area contributed by atoms with Crippen molar-refractivity contribution in [3.05, 3.63) is 72.3 Å². The summed E-state index contributed by atoms with van der Waals surface area (Å²) in [6.45, 7) is 4.18. The Morgan fingerprint density at radius 3 is 2.17 bits per heavy atom. The van der Waals surface area contributed by atoms with E-state index >= 15 is 0 Å². The Morgan fingerprint density at radius 1 is 0.862 bits per heavy atom. The zero-order valence-electron chi connectivity index (χ0n) is 16.3. The van der Waals surface area contributed by atoms with Gasteiger partial charge in [0.2, 0.25) is 6.79 Å².